The van der Waals surface area contributed by atoms with Crippen molar-refractivity contribution in [1.29, 1.82) is 0 Å². The standard InChI is InChI=1S/C25H22N6/c26-11-5-16-22(19(29)8-11)14-3-1-2-4-15(14)25(16)17-6-12(27)9-20(30)23(17)24-18(25)7-13(28)10-21(24)31/h1-10H,26-31H2. The summed E-state index contributed by atoms with van der Waals surface area (Å²) in [5.74, 6) is 0. The van der Waals surface area contributed by atoms with Gasteiger partial charge in [0, 0.05) is 50.8 Å². The highest BCUT2D eigenvalue weighted by Crippen LogP contribution is 2.66. The molecule has 12 N–H and O–H groups in total. The molecule has 1 spiro atoms. The minimum atomic E-state index is -0.715. The van der Waals surface area contributed by atoms with Crippen LogP contribution in [0.3, 0.4) is 0 Å². The first-order valence-electron chi connectivity index (χ1n) is 10.0. The van der Waals surface area contributed by atoms with Gasteiger partial charge in [-0.2, -0.15) is 0 Å². The Hall–Kier alpha value is -4.32. The molecule has 0 amide bonds. The molecule has 0 fully saturated rings. The maximum Gasteiger partial charge on any atom is 0.0730 e. The minimum Gasteiger partial charge on any atom is -0.399 e. The van der Waals surface area contributed by atoms with E-state index in [-0.39, 0.29) is 0 Å². The lowest BCUT2D eigenvalue weighted by Gasteiger charge is -2.31. The summed E-state index contributed by atoms with van der Waals surface area (Å²) in [6.07, 6.45) is 0. The topological polar surface area (TPSA) is 156 Å². The van der Waals surface area contributed by atoms with Crippen LogP contribution in [-0.4, -0.2) is 0 Å². The Balaban J connectivity index is 1.93. The molecule has 2 aliphatic rings. The van der Waals surface area contributed by atoms with Gasteiger partial charge >= 0.3 is 0 Å². The molecule has 2 aliphatic carbocycles. The summed E-state index contributed by atoms with van der Waals surface area (Å²) in [6, 6.07) is 19.5. The van der Waals surface area contributed by atoms with Crippen molar-refractivity contribution in [2.75, 3.05) is 34.4 Å². The van der Waals surface area contributed by atoms with Crippen LogP contribution >= 0.6 is 0 Å². The normalized spacial score (nSPS) is 14.2. The van der Waals surface area contributed by atoms with Crippen molar-refractivity contribution in [3.05, 3.63) is 82.9 Å². The Morgan fingerprint density at radius 3 is 1.39 bits per heavy atom. The zero-order chi connectivity index (χ0) is 21.7. The quantitative estimate of drug-likeness (QED) is 0.212. The molecule has 0 saturated heterocycles. The highest BCUT2D eigenvalue weighted by Gasteiger charge is 2.53. The molecule has 6 rings (SSSR count). The van der Waals surface area contributed by atoms with Crippen molar-refractivity contribution < 1.29 is 0 Å². The van der Waals surface area contributed by atoms with E-state index in [0.29, 0.717) is 34.1 Å². The Bertz CT molecular complexity index is 1400. The summed E-state index contributed by atoms with van der Waals surface area (Å²) in [6.45, 7) is 0. The largest absolute Gasteiger partial charge is 0.399 e. The van der Waals surface area contributed by atoms with Gasteiger partial charge in [0.15, 0.2) is 0 Å². The van der Waals surface area contributed by atoms with Gasteiger partial charge in [-0.25, -0.2) is 0 Å². The van der Waals surface area contributed by atoms with Crippen LogP contribution in [-0.2, 0) is 5.41 Å². The van der Waals surface area contributed by atoms with E-state index in [0.717, 1.165) is 44.5 Å². The highest BCUT2D eigenvalue weighted by atomic mass is 14.7. The van der Waals surface area contributed by atoms with Gasteiger partial charge in [-0.05, 0) is 64.2 Å². The average molecular weight is 406 g/mol. The summed E-state index contributed by atoms with van der Waals surface area (Å²) >= 11 is 0. The third-order valence-corrected chi connectivity index (χ3v) is 6.64. The first-order valence-corrected chi connectivity index (χ1v) is 10.0. The highest BCUT2D eigenvalue weighted by molar-refractivity contribution is 6.05. The molecule has 0 unspecified atom stereocenters. The smallest absolute Gasteiger partial charge is 0.0730 e. The molecule has 0 saturated carbocycles. The maximum absolute atomic E-state index is 6.53. The molecule has 6 nitrogen and oxygen atoms in total. The summed E-state index contributed by atoms with van der Waals surface area (Å²) in [5.41, 5.74) is 49.1. The molecule has 0 heterocycles. The zero-order valence-electron chi connectivity index (χ0n) is 16.7. The first-order chi connectivity index (χ1) is 14.8. The van der Waals surface area contributed by atoms with Crippen LogP contribution < -0.4 is 34.4 Å². The van der Waals surface area contributed by atoms with Crippen molar-refractivity contribution in [2.45, 2.75) is 5.41 Å². The lowest BCUT2D eigenvalue weighted by Crippen LogP contribution is -2.26. The number of anilines is 6. The second kappa shape index (κ2) is 5.43. The molecule has 0 aromatic heterocycles. The fraction of sp³-hybridized carbons (Fsp3) is 0.0400. The van der Waals surface area contributed by atoms with Crippen molar-refractivity contribution in [3.8, 4) is 22.3 Å². The van der Waals surface area contributed by atoms with E-state index in [2.05, 4.69) is 12.1 Å². The Labute approximate surface area is 179 Å². The number of hydrogen-bond acceptors (Lipinski definition) is 6. The van der Waals surface area contributed by atoms with Gasteiger partial charge in [0.1, 0.15) is 0 Å². The molecule has 31 heavy (non-hydrogen) atoms. The van der Waals surface area contributed by atoms with E-state index in [9.17, 15) is 0 Å². The van der Waals surface area contributed by atoms with Gasteiger partial charge < -0.3 is 34.4 Å². The van der Waals surface area contributed by atoms with Gasteiger partial charge in [0.25, 0.3) is 0 Å². The van der Waals surface area contributed by atoms with Gasteiger partial charge in [-0.1, -0.05) is 24.3 Å². The second-order valence-corrected chi connectivity index (χ2v) is 8.39. The van der Waals surface area contributed by atoms with Crippen molar-refractivity contribution in [1.82, 2.24) is 0 Å². The zero-order valence-corrected chi connectivity index (χ0v) is 16.7. The van der Waals surface area contributed by atoms with Crippen LogP contribution in [0.25, 0.3) is 22.3 Å². The van der Waals surface area contributed by atoms with E-state index in [1.807, 2.05) is 30.3 Å². The van der Waals surface area contributed by atoms with Gasteiger partial charge in [-0.15, -0.1) is 0 Å². The van der Waals surface area contributed by atoms with Crippen LogP contribution in [0.1, 0.15) is 22.3 Å². The number of fused-ring (bicyclic) bond motifs is 10. The van der Waals surface area contributed by atoms with Crippen LogP contribution in [0.2, 0.25) is 0 Å². The summed E-state index contributed by atoms with van der Waals surface area (Å²) in [4.78, 5) is 0. The predicted octanol–water partition coefficient (Wildman–Crippen LogP) is 3.52. The summed E-state index contributed by atoms with van der Waals surface area (Å²) in [5, 5.41) is 0. The third kappa shape index (κ3) is 1.92. The van der Waals surface area contributed by atoms with E-state index in [1.54, 1.807) is 18.2 Å². The maximum atomic E-state index is 6.53. The van der Waals surface area contributed by atoms with Crippen molar-refractivity contribution in [2.24, 2.45) is 0 Å². The van der Waals surface area contributed by atoms with Gasteiger partial charge in [-0.3, -0.25) is 0 Å². The number of benzene rings is 4. The second-order valence-electron chi connectivity index (χ2n) is 8.39. The first kappa shape index (κ1) is 17.5. The van der Waals surface area contributed by atoms with Crippen LogP contribution in [0.4, 0.5) is 34.1 Å². The molecular formula is C25H22N6. The molecular weight excluding hydrogens is 384 g/mol. The molecule has 4 aromatic rings. The third-order valence-electron chi connectivity index (χ3n) is 6.64. The van der Waals surface area contributed by atoms with Crippen LogP contribution in [0, 0.1) is 0 Å². The van der Waals surface area contributed by atoms with Crippen LogP contribution in [0.15, 0.2) is 60.7 Å². The summed E-state index contributed by atoms with van der Waals surface area (Å²) < 4.78 is 0. The Morgan fingerprint density at radius 1 is 0.452 bits per heavy atom. The Kier molecular flexibility index (Phi) is 3.07. The molecule has 6 heteroatoms. The van der Waals surface area contributed by atoms with Gasteiger partial charge in [0.05, 0.1) is 5.41 Å². The number of rotatable bonds is 0. The van der Waals surface area contributed by atoms with Gasteiger partial charge in [0.2, 0.25) is 0 Å². The monoisotopic (exact) mass is 406 g/mol. The van der Waals surface area contributed by atoms with Crippen molar-refractivity contribution in [3.63, 3.8) is 0 Å². The van der Waals surface area contributed by atoms with Crippen molar-refractivity contribution >= 4 is 34.1 Å². The lowest BCUT2D eigenvalue weighted by atomic mass is 9.70. The Morgan fingerprint density at radius 2 is 0.871 bits per heavy atom. The fourth-order valence-electron chi connectivity index (χ4n) is 5.71. The molecule has 4 aromatic carbocycles. The van der Waals surface area contributed by atoms with E-state index in [4.69, 9.17) is 34.4 Å². The molecule has 0 bridgehead atoms. The predicted molar refractivity (Wildman–Crippen MR) is 129 cm³/mol. The van der Waals surface area contributed by atoms with E-state index >= 15 is 0 Å². The van der Waals surface area contributed by atoms with E-state index in [1.165, 1.54) is 0 Å². The van der Waals surface area contributed by atoms with E-state index < -0.39 is 5.41 Å². The number of nitrogen functional groups attached to an aromatic ring is 6. The number of nitrogens with two attached hydrogens (primary N) is 6. The fourth-order valence-corrected chi connectivity index (χ4v) is 5.71. The molecule has 0 aliphatic heterocycles. The lowest BCUT2D eigenvalue weighted by molar-refractivity contribution is 0.795. The molecule has 0 atom stereocenters. The average Bonchev–Trinajstić information content (AvgIpc) is 3.15. The minimum absolute atomic E-state index is 0.576. The SMILES string of the molecule is Nc1cc(N)c2c(c1)C1(c3ccccc3-2)c2cc(N)cc(N)c2-c2c(N)cc(N)cc21. The number of hydrogen-bond donors (Lipinski definition) is 6. The molecule has 152 valence electrons. The molecule has 0 radical (unpaired) electrons. The van der Waals surface area contributed by atoms with Crippen LogP contribution in [0.5, 0.6) is 0 Å². The summed E-state index contributed by atoms with van der Waals surface area (Å²) in [7, 11) is 0.